The van der Waals surface area contributed by atoms with E-state index in [9.17, 15) is 0 Å². The van der Waals surface area contributed by atoms with Gasteiger partial charge in [-0.3, -0.25) is 4.68 Å². The molecule has 0 saturated carbocycles. The van der Waals surface area contributed by atoms with Crippen LogP contribution in [-0.2, 0) is 13.5 Å². The standard InChI is InChI=1S/C13H16BrN3/c1-17-13(9-12(16-17)6-3-7-15)10-4-2-5-11(14)8-10/h2,4-5,8-9H,3,6-7,15H2,1H3. The third kappa shape index (κ3) is 2.96. The predicted molar refractivity (Wildman–Crippen MR) is 73.7 cm³/mol. The fourth-order valence-electron chi connectivity index (χ4n) is 1.85. The van der Waals surface area contributed by atoms with Gasteiger partial charge in [-0.25, -0.2) is 0 Å². The van der Waals surface area contributed by atoms with Crippen LogP contribution in [0.4, 0.5) is 0 Å². The minimum atomic E-state index is 0.711. The van der Waals surface area contributed by atoms with Crippen molar-refractivity contribution in [3.8, 4) is 11.3 Å². The molecule has 17 heavy (non-hydrogen) atoms. The second-order valence-corrected chi connectivity index (χ2v) is 4.96. The molecule has 1 heterocycles. The van der Waals surface area contributed by atoms with Crippen LogP contribution >= 0.6 is 15.9 Å². The molecule has 4 heteroatoms. The molecule has 2 aromatic rings. The first-order valence-corrected chi connectivity index (χ1v) is 6.49. The fourth-order valence-corrected chi connectivity index (χ4v) is 2.25. The number of benzene rings is 1. The molecule has 0 unspecified atom stereocenters. The van der Waals surface area contributed by atoms with Crippen LogP contribution in [0.2, 0.25) is 0 Å². The molecule has 0 bridgehead atoms. The highest BCUT2D eigenvalue weighted by Gasteiger charge is 2.07. The lowest BCUT2D eigenvalue weighted by Crippen LogP contribution is -2.01. The van der Waals surface area contributed by atoms with E-state index in [1.54, 1.807) is 0 Å². The van der Waals surface area contributed by atoms with Crippen LogP contribution in [-0.4, -0.2) is 16.3 Å². The van der Waals surface area contributed by atoms with Gasteiger partial charge >= 0.3 is 0 Å². The molecule has 0 aliphatic heterocycles. The van der Waals surface area contributed by atoms with Gasteiger partial charge in [0.15, 0.2) is 0 Å². The first kappa shape index (κ1) is 12.3. The van der Waals surface area contributed by atoms with E-state index in [0.29, 0.717) is 6.54 Å². The molecule has 0 atom stereocenters. The second kappa shape index (κ2) is 5.47. The van der Waals surface area contributed by atoms with Gasteiger partial charge in [-0.2, -0.15) is 5.10 Å². The van der Waals surface area contributed by atoms with Gasteiger partial charge < -0.3 is 5.73 Å². The van der Waals surface area contributed by atoms with Crippen LogP contribution in [0.5, 0.6) is 0 Å². The van der Waals surface area contributed by atoms with Gasteiger partial charge in [-0.15, -0.1) is 0 Å². The Kier molecular flexibility index (Phi) is 3.97. The van der Waals surface area contributed by atoms with Crippen molar-refractivity contribution >= 4 is 15.9 Å². The Balaban J connectivity index is 2.29. The van der Waals surface area contributed by atoms with Crippen molar-refractivity contribution in [2.24, 2.45) is 12.8 Å². The summed E-state index contributed by atoms with van der Waals surface area (Å²) in [6.07, 6.45) is 1.92. The first-order chi connectivity index (χ1) is 8.20. The number of nitrogens with two attached hydrogens (primary N) is 1. The lowest BCUT2D eigenvalue weighted by atomic mass is 10.1. The van der Waals surface area contributed by atoms with E-state index in [1.807, 2.05) is 23.9 Å². The molecule has 0 aliphatic carbocycles. The fraction of sp³-hybridized carbons (Fsp3) is 0.308. The third-order valence-corrected chi connectivity index (χ3v) is 3.18. The minimum absolute atomic E-state index is 0.711. The van der Waals surface area contributed by atoms with Crippen LogP contribution in [0.15, 0.2) is 34.8 Å². The highest BCUT2D eigenvalue weighted by atomic mass is 79.9. The topological polar surface area (TPSA) is 43.8 Å². The Morgan fingerprint density at radius 2 is 2.18 bits per heavy atom. The number of aromatic nitrogens is 2. The molecule has 3 nitrogen and oxygen atoms in total. The van der Waals surface area contributed by atoms with Gasteiger partial charge in [0.05, 0.1) is 11.4 Å². The second-order valence-electron chi connectivity index (χ2n) is 4.05. The maximum Gasteiger partial charge on any atom is 0.0682 e. The molecular formula is C13H16BrN3. The summed E-state index contributed by atoms with van der Waals surface area (Å²) >= 11 is 3.49. The van der Waals surface area contributed by atoms with Crippen LogP contribution in [0.1, 0.15) is 12.1 Å². The van der Waals surface area contributed by atoms with Crippen molar-refractivity contribution in [3.63, 3.8) is 0 Å². The van der Waals surface area contributed by atoms with E-state index in [2.05, 4.69) is 39.2 Å². The summed E-state index contributed by atoms with van der Waals surface area (Å²) in [7, 11) is 1.97. The van der Waals surface area contributed by atoms with Crippen LogP contribution in [0.3, 0.4) is 0 Å². The molecule has 1 aromatic heterocycles. The van der Waals surface area contributed by atoms with Crippen molar-refractivity contribution in [3.05, 3.63) is 40.5 Å². The van der Waals surface area contributed by atoms with Crippen molar-refractivity contribution < 1.29 is 0 Å². The van der Waals surface area contributed by atoms with Gasteiger partial charge in [0.25, 0.3) is 0 Å². The van der Waals surface area contributed by atoms with E-state index in [-0.39, 0.29) is 0 Å². The number of halogens is 1. The van der Waals surface area contributed by atoms with Gasteiger partial charge in [-0.1, -0.05) is 28.1 Å². The van der Waals surface area contributed by atoms with Crippen LogP contribution < -0.4 is 5.73 Å². The van der Waals surface area contributed by atoms with Crippen molar-refractivity contribution in [2.75, 3.05) is 6.54 Å². The zero-order valence-corrected chi connectivity index (χ0v) is 11.4. The van der Waals surface area contributed by atoms with E-state index in [0.717, 1.165) is 28.7 Å². The Hall–Kier alpha value is -1.13. The van der Waals surface area contributed by atoms with Crippen LogP contribution in [0.25, 0.3) is 11.3 Å². The summed E-state index contributed by atoms with van der Waals surface area (Å²) < 4.78 is 3.01. The summed E-state index contributed by atoms with van der Waals surface area (Å²) in [4.78, 5) is 0. The SMILES string of the molecule is Cn1nc(CCCN)cc1-c1cccc(Br)c1. The summed E-state index contributed by atoms with van der Waals surface area (Å²) in [5.74, 6) is 0. The molecule has 0 saturated heterocycles. The molecule has 0 spiro atoms. The van der Waals surface area contributed by atoms with Crippen LogP contribution in [0, 0.1) is 0 Å². The lowest BCUT2D eigenvalue weighted by molar-refractivity contribution is 0.727. The smallest absolute Gasteiger partial charge is 0.0682 e. The summed E-state index contributed by atoms with van der Waals surface area (Å²) in [5, 5.41) is 4.50. The van der Waals surface area contributed by atoms with Gasteiger partial charge in [0.2, 0.25) is 0 Å². The summed E-state index contributed by atoms with van der Waals surface area (Å²) in [6, 6.07) is 10.4. The molecule has 2 N–H and O–H groups in total. The van der Waals surface area contributed by atoms with Gasteiger partial charge in [0, 0.05) is 17.1 Å². The molecule has 0 radical (unpaired) electrons. The number of nitrogens with zero attached hydrogens (tertiary/aromatic N) is 2. The van der Waals surface area contributed by atoms with Crippen molar-refractivity contribution in [2.45, 2.75) is 12.8 Å². The van der Waals surface area contributed by atoms with Crippen molar-refractivity contribution in [1.82, 2.24) is 9.78 Å². The third-order valence-electron chi connectivity index (χ3n) is 2.69. The summed E-state index contributed by atoms with van der Waals surface area (Å²) in [5.41, 5.74) is 8.93. The normalized spacial score (nSPS) is 10.8. The predicted octanol–water partition coefficient (Wildman–Crippen LogP) is 2.74. The Bertz CT molecular complexity index is 505. The average Bonchev–Trinajstić information content (AvgIpc) is 2.68. The van der Waals surface area contributed by atoms with E-state index in [1.165, 1.54) is 5.56 Å². The van der Waals surface area contributed by atoms with Crippen molar-refractivity contribution in [1.29, 1.82) is 0 Å². The summed E-state index contributed by atoms with van der Waals surface area (Å²) in [6.45, 7) is 0.711. The zero-order valence-electron chi connectivity index (χ0n) is 9.86. The molecule has 90 valence electrons. The molecular weight excluding hydrogens is 278 g/mol. The zero-order chi connectivity index (χ0) is 12.3. The highest BCUT2D eigenvalue weighted by molar-refractivity contribution is 9.10. The van der Waals surface area contributed by atoms with E-state index < -0.39 is 0 Å². The Morgan fingerprint density at radius 1 is 1.35 bits per heavy atom. The molecule has 0 fully saturated rings. The largest absolute Gasteiger partial charge is 0.330 e. The first-order valence-electron chi connectivity index (χ1n) is 5.69. The number of hydrogen-bond acceptors (Lipinski definition) is 2. The number of aryl methyl sites for hydroxylation is 2. The Morgan fingerprint density at radius 3 is 2.88 bits per heavy atom. The number of rotatable bonds is 4. The quantitative estimate of drug-likeness (QED) is 0.942. The molecule has 2 rings (SSSR count). The molecule has 1 aromatic carbocycles. The molecule has 0 aliphatic rings. The van der Waals surface area contributed by atoms with E-state index in [4.69, 9.17) is 5.73 Å². The van der Waals surface area contributed by atoms with Gasteiger partial charge in [0.1, 0.15) is 0 Å². The van der Waals surface area contributed by atoms with Gasteiger partial charge in [-0.05, 0) is 37.6 Å². The maximum atomic E-state index is 5.51. The highest BCUT2D eigenvalue weighted by Crippen LogP contribution is 2.23. The molecule has 0 amide bonds. The Labute approximate surface area is 110 Å². The maximum absolute atomic E-state index is 5.51. The minimum Gasteiger partial charge on any atom is -0.330 e. The van der Waals surface area contributed by atoms with E-state index >= 15 is 0 Å². The number of hydrogen-bond donors (Lipinski definition) is 1. The average molecular weight is 294 g/mol. The monoisotopic (exact) mass is 293 g/mol. The lowest BCUT2D eigenvalue weighted by Gasteiger charge is -2.01.